The maximum Gasteiger partial charge on any atom is 0.332 e. The molecule has 0 aliphatic carbocycles. The molecule has 4 aromatic rings. The second-order valence-electron chi connectivity index (χ2n) is 8.97. The second kappa shape index (κ2) is 9.42. The maximum atomic E-state index is 13.2. The average Bonchev–Trinajstić information content (AvgIpc) is 3.26. The van der Waals surface area contributed by atoms with Crippen LogP contribution >= 0.6 is 0 Å². The van der Waals surface area contributed by atoms with Gasteiger partial charge in [0.05, 0.1) is 13.7 Å². The van der Waals surface area contributed by atoms with Crippen LogP contribution in [0, 0.1) is 0 Å². The molecule has 1 N–H and O–H groups in total. The van der Waals surface area contributed by atoms with Crippen LogP contribution in [0.5, 0.6) is 5.75 Å². The fourth-order valence-corrected chi connectivity index (χ4v) is 4.87. The van der Waals surface area contributed by atoms with Gasteiger partial charge < -0.3 is 15.0 Å². The molecule has 1 aliphatic heterocycles. The summed E-state index contributed by atoms with van der Waals surface area (Å²) in [6.45, 7) is 2.73. The summed E-state index contributed by atoms with van der Waals surface area (Å²) in [7, 11) is 4.86. The molecule has 0 spiro atoms. The van der Waals surface area contributed by atoms with E-state index in [0.717, 1.165) is 41.0 Å². The number of ether oxygens (including phenoxy) is 1. The molecular formula is C26H30N6O3. The van der Waals surface area contributed by atoms with Crippen molar-refractivity contribution in [2.24, 2.45) is 14.1 Å². The monoisotopic (exact) mass is 474 g/mol. The van der Waals surface area contributed by atoms with Gasteiger partial charge >= 0.3 is 5.69 Å². The van der Waals surface area contributed by atoms with Crippen LogP contribution in [-0.4, -0.2) is 51.5 Å². The highest BCUT2D eigenvalue weighted by molar-refractivity contribution is 5.75. The summed E-state index contributed by atoms with van der Waals surface area (Å²) in [5.74, 6) is 1.58. The molecule has 1 saturated heterocycles. The Kier molecular flexibility index (Phi) is 6.17. The molecule has 1 atom stereocenters. The topological polar surface area (TPSA) is 86.3 Å². The molecule has 9 nitrogen and oxygen atoms in total. The minimum Gasteiger partial charge on any atom is -0.496 e. The number of nitrogens with zero attached hydrogens (tertiary/aromatic N) is 5. The molecule has 1 fully saturated rings. The molecule has 9 heteroatoms. The minimum atomic E-state index is -0.382. The number of aryl methyl sites for hydroxylation is 1. The first-order valence-electron chi connectivity index (χ1n) is 11.8. The van der Waals surface area contributed by atoms with Crippen LogP contribution in [0.15, 0.2) is 64.2 Å². The van der Waals surface area contributed by atoms with E-state index in [-0.39, 0.29) is 17.3 Å². The Bertz CT molecular complexity index is 1470. The van der Waals surface area contributed by atoms with Crippen LogP contribution in [-0.2, 0) is 27.1 Å². The Morgan fingerprint density at radius 2 is 1.77 bits per heavy atom. The lowest BCUT2D eigenvalue weighted by Crippen LogP contribution is -2.52. The van der Waals surface area contributed by atoms with Crippen LogP contribution < -0.4 is 26.2 Å². The van der Waals surface area contributed by atoms with E-state index in [0.29, 0.717) is 30.2 Å². The van der Waals surface area contributed by atoms with E-state index in [4.69, 9.17) is 9.72 Å². The van der Waals surface area contributed by atoms with E-state index >= 15 is 0 Å². The molecule has 0 amide bonds. The summed E-state index contributed by atoms with van der Waals surface area (Å²) < 4.78 is 10.1. The van der Waals surface area contributed by atoms with Gasteiger partial charge in [0, 0.05) is 39.8 Å². The highest BCUT2D eigenvalue weighted by Gasteiger charge is 2.27. The summed E-state index contributed by atoms with van der Waals surface area (Å²) in [4.78, 5) is 32.9. The van der Waals surface area contributed by atoms with E-state index in [1.54, 1.807) is 14.2 Å². The number of hydrogen-bond donors (Lipinski definition) is 1. The number of piperazine rings is 1. The average molecular weight is 475 g/mol. The first-order chi connectivity index (χ1) is 17.0. The van der Waals surface area contributed by atoms with E-state index in [1.165, 1.54) is 11.6 Å². The van der Waals surface area contributed by atoms with Crippen molar-refractivity contribution in [1.82, 2.24) is 24.0 Å². The molecular weight excluding hydrogens is 444 g/mol. The predicted octanol–water partition coefficient (Wildman–Crippen LogP) is 1.51. The van der Waals surface area contributed by atoms with Crippen molar-refractivity contribution in [1.29, 1.82) is 0 Å². The highest BCUT2D eigenvalue weighted by atomic mass is 16.5. The lowest BCUT2D eigenvalue weighted by Gasteiger charge is -2.35. The first kappa shape index (κ1) is 22.9. The van der Waals surface area contributed by atoms with Gasteiger partial charge in [0.15, 0.2) is 11.2 Å². The van der Waals surface area contributed by atoms with Crippen molar-refractivity contribution in [3.8, 4) is 5.75 Å². The third kappa shape index (κ3) is 4.23. The van der Waals surface area contributed by atoms with Crippen molar-refractivity contribution in [2.75, 3.05) is 31.6 Å². The molecule has 5 rings (SSSR count). The predicted molar refractivity (Wildman–Crippen MR) is 136 cm³/mol. The van der Waals surface area contributed by atoms with Gasteiger partial charge in [-0.1, -0.05) is 48.5 Å². The molecule has 182 valence electrons. The molecule has 0 radical (unpaired) electrons. The quantitative estimate of drug-likeness (QED) is 0.456. The van der Waals surface area contributed by atoms with Gasteiger partial charge in [-0.05, 0) is 23.6 Å². The molecule has 3 heterocycles. The molecule has 1 unspecified atom stereocenters. The number of imidazole rings is 1. The second-order valence-corrected chi connectivity index (χ2v) is 8.97. The molecule has 1 aliphatic rings. The molecule has 2 aromatic heterocycles. The summed E-state index contributed by atoms with van der Waals surface area (Å²) in [5, 5.41) is 3.61. The van der Waals surface area contributed by atoms with Gasteiger partial charge in [0.25, 0.3) is 5.56 Å². The van der Waals surface area contributed by atoms with Crippen LogP contribution in [0.2, 0.25) is 0 Å². The van der Waals surface area contributed by atoms with E-state index < -0.39 is 0 Å². The lowest BCUT2D eigenvalue weighted by molar-refractivity contribution is 0.399. The van der Waals surface area contributed by atoms with Crippen LogP contribution in [0.1, 0.15) is 11.1 Å². The summed E-state index contributed by atoms with van der Waals surface area (Å²) >= 11 is 0. The largest absolute Gasteiger partial charge is 0.496 e. The number of anilines is 1. The van der Waals surface area contributed by atoms with Gasteiger partial charge in [-0.3, -0.25) is 18.5 Å². The summed E-state index contributed by atoms with van der Waals surface area (Å²) in [5.41, 5.74) is 2.33. The minimum absolute atomic E-state index is 0.177. The number of rotatable bonds is 6. The third-order valence-corrected chi connectivity index (χ3v) is 6.71. The number of fused-ring (bicyclic) bond motifs is 1. The Morgan fingerprint density at radius 1 is 1.03 bits per heavy atom. The summed E-state index contributed by atoms with van der Waals surface area (Å²) in [6, 6.07) is 18.2. The Balaban J connectivity index is 1.56. The number of methoxy groups -OCH3 is 1. The van der Waals surface area contributed by atoms with Crippen molar-refractivity contribution >= 4 is 17.1 Å². The smallest absolute Gasteiger partial charge is 0.332 e. The van der Waals surface area contributed by atoms with Gasteiger partial charge in [0.2, 0.25) is 5.95 Å². The van der Waals surface area contributed by atoms with E-state index in [9.17, 15) is 9.59 Å². The standard InChI is InChI=1S/C26H30N6O3/c1-29-23-22(24(33)30(2)26(29)34)32(16-18-9-5-4-6-10-18)25(28-23)31-14-13-27-20(17-31)15-19-11-7-8-12-21(19)35-3/h4-12,20,27H,13-17H2,1-3H3. The Hall–Kier alpha value is -3.85. The van der Waals surface area contributed by atoms with Crippen molar-refractivity contribution in [3.63, 3.8) is 0 Å². The molecule has 2 aromatic carbocycles. The lowest BCUT2D eigenvalue weighted by atomic mass is 10.0. The summed E-state index contributed by atoms with van der Waals surface area (Å²) in [6.07, 6.45) is 0.805. The van der Waals surface area contributed by atoms with Crippen LogP contribution in [0.25, 0.3) is 11.2 Å². The van der Waals surface area contributed by atoms with Gasteiger partial charge in [-0.25, -0.2) is 4.79 Å². The zero-order valence-corrected chi connectivity index (χ0v) is 20.3. The molecule has 35 heavy (non-hydrogen) atoms. The zero-order chi connectivity index (χ0) is 24.5. The first-order valence-corrected chi connectivity index (χ1v) is 11.8. The zero-order valence-electron chi connectivity index (χ0n) is 20.3. The Morgan fingerprint density at radius 3 is 2.54 bits per heavy atom. The van der Waals surface area contributed by atoms with Gasteiger partial charge in [0.1, 0.15) is 5.75 Å². The number of para-hydroxylation sites is 1. The normalized spacial score (nSPS) is 16.1. The van der Waals surface area contributed by atoms with Gasteiger partial charge in [-0.2, -0.15) is 4.98 Å². The van der Waals surface area contributed by atoms with Crippen LogP contribution in [0.4, 0.5) is 5.95 Å². The van der Waals surface area contributed by atoms with Crippen molar-refractivity contribution < 1.29 is 4.74 Å². The fourth-order valence-electron chi connectivity index (χ4n) is 4.87. The number of nitrogens with one attached hydrogen (secondary N) is 1. The number of benzene rings is 2. The molecule has 0 saturated carbocycles. The van der Waals surface area contributed by atoms with Crippen molar-refractivity contribution in [3.05, 3.63) is 86.6 Å². The number of aromatic nitrogens is 4. The molecule has 0 bridgehead atoms. The Labute approximate surface area is 203 Å². The van der Waals surface area contributed by atoms with Crippen molar-refractivity contribution in [2.45, 2.75) is 19.0 Å². The third-order valence-electron chi connectivity index (χ3n) is 6.71. The van der Waals surface area contributed by atoms with E-state index in [2.05, 4.69) is 16.3 Å². The number of hydrogen-bond acceptors (Lipinski definition) is 6. The highest BCUT2D eigenvalue weighted by Crippen LogP contribution is 2.24. The van der Waals surface area contributed by atoms with E-state index in [1.807, 2.05) is 53.1 Å². The fraction of sp³-hybridized carbons (Fsp3) is 0.346. The van der Waals surface area contributed by atoms with Gasteiger partial charge in [-0.15, -0.1) is 0 Å². The maximum absolute atomic E-state index is 13.2. The van der Waals surface area contributed by atoms with Crippen LogP contribution in [0.3, 0.4) is 0 Å². The SMILES string of the molecule is COc1ccccc1CC1CN(c2nc3c(c(=O)n(C)c(=O)n3C)n2Cc2ccccc2)CCN1.